The van der Waals surface area contributed by atoms with E-state index >= 15 is 0 Å². The summed E-state index contributed by atoms with van der Waals surface area (Å²) in [4.78, 5) is 0. The van der Waals surface area contributed by atoms with Crippen molar-refractivity contribution in [3.8, 4) is 0 Å². The van der Waals surface area contributed by atoms with Crippen LogP contribution in [0.4, 0.5) is 0 Å². The number of hydrogen-bond donors (Lipinski definition) is 2. The molecule has 0 saturated heterocycles. The molecular formula is C22H22N2. The first-order valence-electron chi connectivity index (χ1n) is 8.54. The minimum Gasteiger partial charge on any atom is -0.352 e. The summed E-state index contributed by atoms with van der Waals surface area (Å²) in [7, 11) is 0. The summed E-state index contributed by atoms with van der Waals surface area (Å²) in [6.45, 7) is 4.24. The second-order valence-electron chi connectivity index (χ2n) is 6.54. The lowest BCUT2D eigenvalue weighted by Gasteiger charge is -2.30. The van der Waals surface area contributed by atoms with Gasteiger partial charge in [0.1, 0.15) is 0 Å². The molecule has 2 aromatic carbocycles. The fourth-order valence-corrected chi connectivity index (χ4v) is 3.18. The fraction of sp³-hybridized carbons (Fsp3) is 0.182. The first kappa shape index (κ1) is 14.8. The lowest BCUT2D eigenvalue weighted by Crippen LogP contribution is -2.31. The van der Waals surface area contributed by atoms with E-state index in [2.05, 4.69) is 85.2 Å². The van der Waals surface area contributed by atoms with Gasteiger partial charge in [0.2, 0.25) is 0 Å². The minimum atomic E-state index is 1.09. The first-order valence-corrected chi connectivity index (χ1v) is 8.54. The third kappa shape index (κ3) is 2.76. The molecule has 1 aliphatic heterocycles. The molecule has 2 heteroatoms. The Balaban J connectivity index is 1.86. The monoisotopic (exact) mass is 314 g/mol. The molecule has 24 heavy (non-hydrogen) atoms. The van der Waals surface area contributed by atoms with Gasteiger partial charge in [0.15, 0.2) is 0 Å². The molecule has 4 rings (SSSR count). The van der Waals surface area contributed by atoms with Crippen LogP contribution in [0.25, 0.3) is 11.4 Å². The zero-order valence-electron chi connectivity index (χ0n) is 14.2. The molecule has 2 N–H and O–H groups in total. The average Bonchev–Trinajstić information content (AvgIpc) is 2.62. The highest BCUT2D eigenvalue weighted by atomic mass is 15.1. The maximum atomic E-state index is 3.66. The number of benzene rings is 2. The van der Waals surface area contributed by atoms with Crippen molar-refractivity contribution in [2.75, 3.05) is 0 Å². The van der Waals surface area contributed by atoms with Gasteiger partial charge in [-0.25, -0.2) is 0 Å². The van der Waals surface area contributed by atoms with E-state index in [4.69, 9.17) is 0 Å². The van der Waals surface area contributed by atoms with E-state index in [-0.39, 0.29) is 0 Å². The van der Waals surface area contributed by atoms with E-state index in [0.29, 0.717) is 0 Å². The Morgan fingerprint density at radius 3 is 1.33 bits per heavy atom. The second kappa shape index (κ2) is 6.04. The second-order valence-corrected chi connectivity index (χ2v) is 6.54. The Hall–Kier alpha value is -2.74. The third-order valence-corrected chi connectivity index (χ3v) is 4.60. The van der Waals surface area contributed by atoms with Gasteiger partial charge in [-0.05, 0) is 26.7 Å². The molecule has 2 nitrogen and oxygen atoms in total. The third-order valence-electron chi connectivity index (χ3n) is 4.60. The Morgan fingerprint density at radius 1 is 0.583 bits per heavy atom. The Labute approximate surface area is 143 Å². The van der Waals surface area contributed by atoms with E-state index in [1.807, 2.05) is 0 Å². The normalized spacial score (nSPS) is 16.6. The van der Waals surface area contributed by atoms with Crippen LogP contribution in [0.1, 0.15) is 35.1 Å². The molecular weight excluding hydrogens is 292 g/mol. The molecule has 0 saturated carbocycles. The molecule has 1 heterocycles. The van der Waals surface area contributed by atoms with E-state index in [9.17, 15) is 0 Å². The number of rotatable bonds is 2. The summed E-state index contributed by atoms with van der Waals surface area (Å²) >= 11 is 0. The summed E-state index contributed by atoms with van der Waals surface area (Å²) < 4.78 is 0. The molecule has 0 radical (unpaired) electrons. The van der Waals surface area contributed by atoms with Crippen molar-refractivity contribution >= 4 is 11.4 Å². The van der Waals surface area contributed by atoms with Crippen LogP contribution in [0.3, 0.4) is 0 Å². The van der Waals surface area contributed by atoms with Gasteiger partial charge in [-0.1, -0.05) is 71.8 Å². The fourth-order valence-electron chi connectivity index (χ4n) is 3.18. The number of fused-ring (bicyclic) bond motifs is 1. The zero-order chi connectivity index (χ0) is 16.5. The SMILES string of the molecule is Cc1ccc(C2=C(c3ccc(C)cc3)NC3=CCCC=C3N2)cc1. The van der Waals surface area contributed by atoms with Gasteiger partial charge < -0.3 is 10.6 Å². The van der Waals surface area contributed by atoms with Crippen LogP contribution >= 0.6 is 0 Å². The molecule has 2 aromatic rings. The molecule has 0 atom stereocenters. The largest absolute Gasteiger partial charge is 0.352 e. The highest BCUT2D eigenvalue weighted by molar-refractivity contribution is 5.92. The summed E-state index contributed by atoms with van der Waals surface area (Å²) in [5.74, 6) is 0. The lowest BCUT2D eigenvalue weighted by molar-refractivity contribution is 0.872. The minimum absolute atomic E-state index is 1.09. The average molecular weight is 314 g/mol. The van der Waals surface area contributed by atoms with E-state index in [0.717, 1.165) is 24.2 Å². The van der Waals surface area contributed by atoms with Crippen molar-refractivity contribution < 1.29 is 0 Å². The van der Waals surface area contributed by atoms with Crippen LogP contribution in [0.15, 0.2) is 72.1 Å². The van der Waals surface area contributed by atoms with Gasteiger partial charge in [-0.3, -0.25) is 0 Å². The molecule has 0 aromatic heterocycles. The molecule has 0 unspecified atom stereocenters. The van der Waals surface area contributed by atoms with E-state index < -0.39 is 0 Å². The van der Waals surface area contributed by atoms with Crippen molar-refractivity contribution in [2.24, 2.45) is 0 Å². The summed E-state index contributed by atoms with van der Waals surface area (Å²) in [6.07, 6.45) is 6.74. The maximum Gasteiger partial charge on any atom is 0.0703 e. The Kier molecular flexibility index (Phi) is 3.73. The van der Waals surface area contributed by atoms with Crippen molar-refractivity contribution in [1.82, 2.24) is 10.6 Å². The Bertz CT molecular complexity index is 776. The van der Waals surface area contributed by atoms with E-state index in [1.54, 1.807) is 0 Å². The van der Waals surface area contributed by atoms with Gasteiger partial charge in [0.05, 0.1) is 22.8 Å². The number of aryl methyl sites for hydroxylation is 2. The predicted octanol–water partition coefficient (Wildman–Crippen LogP) is 4.88. The smallest absolute Gasteiger partial charge is 0.0703 e. The van der Waals surface area contributed by atoms with Crippen LogP contribution in [-0.4, -0.2) is 0 Å². The highest BCUT2D eigenvalue weighted by Gasteiger charge is 2.22. The molecule has 2 aliphatic rings. The molecule has 0 amide bonds. The maximum absolute atomic E-state index is 3.66. The summed E-state index contributed by atoms with van der Waals surface area (Å²) in [5, 5.41) is 7.33. The van der Waals surface area contributed by atoms with Gasteiger partial charge >= 0.3 is 0 Å². The number of hydrogen-bond acceptors (Lipinski definition) is 2. The van der Waals surface area contributed by atoms with Crippen LogP contribution in [-0.2, 0) is 0 Å². The van der Waals surface area contributed by atoms with Crippen molar-refractivity contribution in [3.63, 3.8) is 0 Å². The van der Waals surface area contributed by atoms with Crippen molar-refractivity contribution in [1.29, 1.82) is 0 Å². The lowest BCUT2D eigenvalue weighted by atomic mass is 9.98. The predicted molar refractivity (Wildman–Crippen MR) is 101 cm³/mol. The van der Waals surface area contributed by atoms with Gasteiger partial charge in [0.25, 0.3) is 0 Å². The summed E-state index contributed by atoms with van der Waals surface area (Å²) in [5.41, 5.74) is 9.62. The quantitative estimate of drug-likeness (QED) is 0.825. The molecule has 120 valence electrons. The van der Waals surface area contributed by atoms with Crippen LogP contribution in [0.2, 0.25) is 0 Å². The summed E-state index contributed by atoms with van der Waals surface area (Å²) in [6, 6.07) is 17.4. The van der Waals surface area contributed by atoms with Crippen LogP contribution in [0, 0.1) is 13.8 Å². The van der Waals surface area contributed by atoms with Crippen molar-refractivity contribution in [2.45, 2.75) is 26.7 Å². The van der Waals surface area contributed by atoms with E-state index in [1.165, 1.54) is 33.6 Å². The molecule has 0 fully saturated rings. The van der Waals surface area contributed by atoms with Crippen LogP contribution < -0.4 is 10.6 Å². The zero-order valence-corrected chi connectivity index (χ0v) is 14.2. The highest BCUT2D eigenvalue weighted by Crippen LogP contribution is 2.32. The van der Waals surface area contributed by atoms with Crippen LogP contribution in [0.5, 0.6) is 0 Å². The number of allylic oxidation sites excluding steroid dienone is 2. The molecule has 0 spiro atoms. The van der Waals surface area contributed by atoms with Gasteiger partial charge in [0, 0.05) is 11.1 Å². The Morgan fingerprint density at radius 2 is 0.958 bits per heavy atom. The molecule has 1 aliphatic carbocycles. The molecule has 0 bridgehead atoms. The van der Waals surface area contributed by atoms with Gasteiger partial charge in [-0.15, -0.1) is 0 Å². The standard InChI is InChI=1S/C22H22N2/c1-15-7-11-17(12-8-15)21-22(18-13-9-16(2)10-14-18)24-20-6-4-3-5-19(20)23-21/h5-14,23-24H,3-4H2,1-2H3. The topological polar surface area (TPSA) is 24.1 Å². The first-order chi connectivity index (χ1) is 11.7. The number of nitrogens with one attached hydrogen (secondary N) is 2. The van der Waals surface area contributed by atoms with Crippen molar-refractivity contribution in [3.05, 3.63) is 94.3 Å². The van der Waals surface area contributed by atoms with Gasteiger partial charge in [-0.2, -0.15) is 0 Å².